The van der Waals surface area contributed by atoms with E-state index in [0.717, 1.165) is 6.26 Å². The summed E-state index contributed by atoms with van der Waals surface area (Å²) in [4.78, 5) is 3.97. The third-order valence-corrected chi connectivity index (χ3v) is 3.59. The normalized spacial score (nSPS) is 11.7. The van der Waals surface area contributed by atoms with Gasteiger partial charge in [0.05, 0.1) is 0 Å². The lowest BCUT2D eigenvalue weighted by Crippen LogP contribution is -1.99. The third kappa shape index (κ3) is 2.68. The highest BCUT2D eigenvalue weighted by Gasteiger charge is 2.15. The summed E-state index contributed by atoms with van der Waals surface area (Å²) in [7, 11) is -3.42. The van der Waals surface area contributed by atoms with Crippen LogP contribution in [0.5, 0.6) is 0 Å². The summed E-state index contributed by atoms with van der Waals surface area (Å²) in [6.07, 6.45) is 1.06. The zero-order valence-corrected chi connectivity index (χ0v) is 12.0. The van der Waals surface area contributed by atoms with Crippen LogP contribution in [-0.2, 0) is 9.84 Å². The number of nitrogens with one attached hydrogen (secondary N) is 1. The number of aromatic nitrogens is 5. The molecule has 0 unspecified atom stereocenters. The van der Waals surface area contributed by atoms with Gasteiger partial charge >= 0.3 is 0 Å². The fraction of sp³-hybridized carbons (Fsp3) is 0.167. The summed E-state index contributed by atoms with van der Waals surface area (Å²) >= 11 is 0. The van der Waals surface area contributed by atoms with Crippen LogP contribution in [0.25, 0.3) is 22.8 Å². The Morgan fingerprint density at radius 1 is 1.19 bits per heavy atom. The van der Waals surface area contributed by atoms with E-state index in [2.05, 4.69) is 25.4 Å². The van der Waals surface area contributed by atoms with Crippen molar-refractivity contribution in [1.29, 1.82) is 0 Å². The molecule has 0 fully saturated rings. The highest BCUT2D eigenvalue weighted by molar-refractivity contribution is 7.90. The van der Waals surface area contributed by atoms with Gasteiger partial charge in [0.15, 0.2) is 5.82 Å². The first kappa shape index (κ1) is 13.4. The van der Waals surface area contributed by atoms with E-state index >= 15 is 0 Å². The van der Waals surface area contributed by atoms with Gasteiger partial charge in [-0.15, -0.1) is 10.2 Å². The Labute approximate surface area is 120 Å². The number of benzene rings is 1. The van der Waals surface area contributed by atoms with E-state index in [-0.39, 0.29) is 11.0 Å². The summed E-state index contributed by atoms with van der Waals surface area (Å²) in [5.74, 6) is 1.13. The van der Waals surface area contributed by atoms with Crippen molar-refractivity contribution >= 4 is 9.84 Å². The Hall–Kier alpha value is -2.55. The summed E-state index contributed by atoms with van der Waals surface area (Å²) in [5.41, 5.74) is 1.35. The van der Waals surface area contributed by atoms with Crippen molar-refractivity contribution in [3.63, 3.8) is 0 Å². The topological polar surface area (TPSA) is 115 Å². The van der Waals surface area contributed by atoms with Gasteiger partial charge < -0.3 is 4.42 Å². The third-order valence-electron chi connectivity index (χ3n) is 2.71. The van der Waals surface area contributed by atoms with Gasteiger partial charge in [-0.05, 0) is 12.1 Å². The molecule has 0 saturated heterocycles. The molecule has 0 spiro atoms. The fourth-order valence-electron chi connectivity index (χ4n) is 1.75. The smallest absolute Gasteiger partial charge is 0.247 e. The van der Waals surface area contributed by atoms with Crippen LogP contribution in [0.4, 0.5) is 0 Å². The van der Waals surface area contributed by atoms with Crippen molar-refractivity contribution in [1.82, 2.24) is 25.4 Å². The molecule has 0 amide bonds. The fourth-order valence-corrected chi connectivity index (χ4v) is 2.21. The maximum absolute atomic E-state index is 11.4. The molecule has 0 aliphatic carbocycles. The molecular formula is C12H11N5O3S. The zero-order chi connectivity index (χ0) is 15.0. The first-order valence-corrected chi connectivity index (χ1v) is 7.86. The summed E-state index contributed by atoms with van der Waals surface area (Å²) in [5, 5.41) is 13.9. The van der Waals surface area contributed by atoms with E-state index in [1.54, 1.807) is 31.2 Å². The van der Waals surface area contributed by atoms with Crippen molar-refractivity contribution in [3.8, 4) is 22.8 Å². The van der Waals surface area contributed by atoms with Gasteiger partial charge in [-0.1, -0.05) is 12.1 Å². The van der Waals surface area contributed by atoms with E-state index in [0.29, 0.717) is 22.9 Å². The molecule has 2 heterocycles. The van der Waals surface area contributed by atoms with Crippen LogP contribution in [-0.4, -0.2) is 40.1 Å². The van der Waals surface area contributed by atoms with Gasteiger partial charge in [-0.2, -0.15) is 10.1 Å². The molecule has 3 rings (SSSR count). The van der Waals surface area contributed by atoms with Crippen molar-refractivity contribution < 1.29 is 12.8 Å². The van der Waals surface area contributed by atoms with Crippen molar-refractivity contribution in [3.05, 3.63) is 30.2 Å². The molecule has 3 aromatic rings. The van der Waals surface area contributed by atoms with Gasteiger partial charge in [0.25, 0.3) is 0 Å². The molecule has 8 nitrogen and oxygen atoms in total. The second-order valence-corrected chi connectivity index (χ2v) is 6.37. The minimum Gasteiger partial charge on any atom is -0.421 e. The molecule has 0 radical (unpaired) electrons. The van der Waals surface area contributed by atoms with Gasteiger partial charge in [-0.25, -0.2) is 13.5 Å². The molecule has 1 aromatic carbocycles. The minimum atomic E-state index is -3.42. The number of sulfone groups is 1. The first-order chi connectivity index (χ1) is 9.93. The Morgan fingerprint density at radius 2 is 1.95 bits per heavy atom. The molecule has 0 saturated carbocycles. The van der Waals surface area contributed by atoms with Crippen LogP contribution in [0.1, 0.15) is 5.89 Å². The first-order valence-electron chi connectivity index (χ1n) is 5.97. The Morgan fingerprint density at radius 3 is 2.57 bits per heavy atom. The largest absolute Gasteiger partial charge is 0.421 e. The number of aromatic amines is 1. The van der Waals surface area contributed by atoms with E-state index in [1.165, 1.54) is 0 Å². The minimum absolute atomic E-state index is 0.170. The van der Waals surface area contributed by atoms with Gasteiger partial charge in [-0.3, -0.25) is 0 Å². The zero-order valence-electron chi connectivity index (χ0n) is 11.2. The van der Waals surface area contributed by atoms with Crippen LogP contribution in [0, 0.1) is 6.92 Å². The van der Waals surface area contributed by atoms with Crippen LogP contribution in [0.15, 0.2) is 33.8 Å². The Bertz CT molecular complexity index is 897. The maximum Gasteiger partial charge on any atom is 0.247 e. The van der Waals surface area contributed by atoms with E-state index in [4.69, 9.17) is 4.42 Å². The highest BCUT2D eigenvalue weighted by atomic mass is 32.2. The lowest BCUT2D eigenvalue weighted by molar-refractivity contribution is 0.533. The molecule has 0 aliphatic rings. The van der Waals surface area contributed by atoms with Crippen molar-refractivity contribution in [2.75, 3.05) is 6.26 Å². The van der Waals surface area contributed by atoms with E-state index < -0.39 is 9.84 Å². The number of hydrogen-bond donors (Lipinski definition) is 1. The van der Waals surface area contributed by atoms with Gasteiger partial charge in [0.1, 0.15) is 0 Å². The van der Waals surface area contributed by atoms with Gasteiger partial charge in [0, 0.05) is 24.3 Å². The van der Waals surface area contributed by atoms with Crippen LogP contribution in [0.2, 0.25) is 0 Å². The summed E-state index contributed by atoms with van der Waals surface area (Å²) in [6.45, 7) is 1.70. The van der Waals surface area contributed by atoms with Crippen molar-refractivity contribution in [2.24, 2.45) is 0 Å². The molecule has 2 aromatic heterocycles. The SMILES string of the molecule is Cc1nnc(-c2cccc(-c3n[nH]c(S(C)(=O)=O)n3)c2)o1. The lowest BCUT2D eigenvalue weighted by Gasteiger charge is -1.98. The molecule has 108 valence electrons. The average molecular weight is 305 g/mol. The van der Waals surface area contributed by atoms with Crippen molar-refractivity contribution in [2.45, 2.75) is 12.1 Å². The molecule has 21 heavy (non-hydrogen) atoms. The monoisotopic (exact) mass is 305 g/mol. The average Bonchev–Trinajstić information content (AvgIpc) is 3.07. The summed E-state index contributed by atoms with van der Waals surface area (Å²) < 4.78 is 28.2. The highest BCUT2D eigenvalue weighted by Crippen LogP contribution is 2.23. The number of nitrogens with zero attached hydrogens (tertiary/aromatic N) is 4. The lowest BCUT2D eigenvalue weighted by atomic mass is 10.1. The molecule has 1 N–H and O–H groups in total. The number of aryl methyl sites for hydroxylation is 1. The second kappa shape index (κ2) is 4.77. The predicted octanol–water partition coefficient (Wildman–Crippen LogP) is 1.23. The molecule has 0 atom stereocenters. The van der Waals surface area contributed by atoms with E-state index in [1.807, 2.05) is 0 Å². The predicted molar refractivity (Wildman–Crippen MR) is 73.0 cm³/mol. The number of hydrogen-bond acceptors (Lipinski definition) is 7. The van der Waals surface area contributed by atoms with Crippen LogP contribution in [0.3, 0.4) is 0 Å². The Kier molecular flexibility index (Phi) is 3.05. The number of rotatable bonds is 3. The molecule has 0 bridgehead atoms. The van der Waals surface area contributed by atoms with Crippen LogP contribution < -0.4 is 0 Å². The standard InChI is InChI=1S/C12H11N5O3S/c1-7-14-16-11(20-7)9-5-3-4-8(6-9)10-13-12(17-15-10)21(2,18)19/h3-6H,1-2H3,(H,13,15,17). The molecule has 0 aliphatic heterocycles. The quantitative estimate of drug-likeness (QED) is 0.773. The number of H-pyrrole nitrogens is 1. The van der Waals surface area contributed by atoms with E-state index in [9.17, 15) is 8.42 Å². The van der Waals surface area contributed by atoms with Crippen LogP contribution >= 0.6 is 0 Å². The summed E-state index contributed by atoms with van der Waals surface area (Å²) in [6, 6.07) is 7.10. The second-order valence-electron chi connectivity index (χ2n) is 4.44. The molecular weight excluding hydrogens is 294 g/mol. The maximum atomic E-state index is 11.4. The molecule has 9 heteroatoms. The van der Waals surface area contributed by atoms with Gasteiger partial charge in [0.2, 0.25) is 26.8 Å². The Balaban J connectivity index is 2.02.